The summed E-state index contributed by atoms with van der Waals surface area (Å²) in [5.41, 5.74) is -2.69. The summed E-state index contributed by atoms with van der Waals surface area (Å²) in [5.74, 6) is -5.56. The predicted octanol–water partition coefficient (Wildman–Crippen LogP) is 4.34. The molecule has 0 radical (unpaired) electrons. The van der Waals surface area contributed by atoms with Gasteiger partial charge in [-0.15, -0.1) is 0 Å². The van der Waals surface area contributed by atoms with Gasteiger partial charge in [-0.2, -0.15) is 26.3 Å². The van der Waals surface area contributed by atoms with Crippen molar-refractivity contribution in [2.45, 2.75) is 19.3 Å². The van der Waals surface area contributed by atoms with Crippen LogP contribution in [0.4, 0.5) is 26.3 Å². The van der Waals surface area contributed by atoms with Crippen molar-refractivity contribution in [3.05, 3.63) is 47.5 Å². The van der Waals surface area contributed by atoms with E-state index in [1.54, 1.807) is 0 Å². The molecule has 0 aliphatic rings. The molecule has 2 aromatic carbocycles. The molecule has 0 spiro atoms. The first kappa shape index (κ1) is 22.8. The van der Waals surface area contributed by atoms with Crippen molar-refractivity contribution in [2.24, 2.45) is 0 Å². The highest BCUT2D eigenvalue weighted by Crippen LogP contribution is 2.41. The molecule has 0 fully saturated rings. The number of aromatic hydroxyl groups is 1. The summed E-state index contributed by atoms with van der Waals surface area (Å²) in [4.78, 5) is 22.8. The van der Waals surface area contributed by atoms with Crippen LogP contribution in [0.25, 0.3) is 0 Å². The van der Waals surface area contributed by atoms with Crippen molar-refractivity contribution in [2.75, 3.05) is 6.61 Å². The predicted molar refractivity (Wildman–Crippen MR) is 87.0 cm³/mol. The summed E-state index contributed by atoms with van der Waals surface area (Å²) in [5, 5.41) is 9.59. The summed E-state index contributed by atoms with van der Waals surface area (Å²) in [6.45, 7) is -0.0485. The number of phenols is 1. The van der Waals surface area contributed by atoms with E-state index in [2.05, 4.69) is 9.47 Å². The Balaban J connectivity index is 2.12. The quantitative estimate of drug-likeness (QED) is 0.425. The van der Waals surface area contributed by atoms with E-state index in [0.717, 1.165) is 25.1 Å². The van der Waals surface area contributed by atoms with E-state index in [1.165, 1.54) is 0 Å². The largest absolute Gasteiger partial charge is 0.504 e. The van der Waals surface area contributed by atoms with Crippen LogP contribution in [0.2, 0.25) is 0 Å². The van der Waals surface area contributed by atoms with E-state index in [-0.39, 0.29) is 5.75 Å². The lowest BCUT2D eigenvalue weighted by molar-refractivity contribution is -0.142. The first-order chi connectivity index (χ1) is 13.8. The number of carbonyl (C=O) groups excluding carboxylic acids is 2. The summed E-state index contributed by atoms with van der Waals surface area (Å²) < 4.78 is 91.0. The van der Waals surface area contributed by atoms with Crippen LogP contribution < -0.4 is 14.2 Å². The molecule has 0 aliphatic heterocycles. The Kier molecular flexibility index (Phi) is 6.48. The first-order valence-corrected chi connectivity index (χ1v) is 7.91. The number of para-hydroxylation sites is 1. The third kappa shape index (κ3) is 5.78. The Hall–Kier alpha value is -3.44. The highest BCUT2D eigenvalue weighted by Gasteiger charge is 2.36. The number of ether oxygens (including phenoxy) is 3. The lowest BCUT2D eigenvalue weighted by Gasteiger charge is -2.14. The maximum absolute atomic E-state index is 12.9. The molecule has 0 saturated heterocycles. The Morgan fingerprint density at radius 3 is 2.10 bits per heavy atom. The van der Waals surface area contributed by atoms with Gasteiger partial charge in [-0.1, -0.05) is 6.07 Å². The van der Waals surface area contributed by atoms with E-state index in [0.29, 0.717) is 18.2 Å². The number of hydrogen-bond donors (Lipinski definition) is 1. The smallest absolute Gasteiger partial charge is 0.420 e. The molecule has 0 aliphatic carbocycles. The topological polar surface area (TPSA) is 82.1 Å². The van der Waals surface area contributed by atoms with Crippen molar-refractivity contribution in [1.29, 1.82) is 0 Å². The fourth-order valence-electron chi connectivity index (χ4n) is 2.19. The third-order valence-corrected chi connectivity index (χ3v) is 3.40. The van der Waals surface area contributed by atoms with Gasteiger partial charge in [0.25, 0.3) is 0 Å². The van der Waals surface area contributed by atoms with E-state index in [1.807, 2.05) is 0 Å². The van der Waals surface area contributed by atoms with Crippen LogP contribution >= 0.6 is 0 Å². The number of benzene rings is 2. The normalized spacial score (nSPS) is 11.7. The number of carbonyl (C=O) groups is 2. The number of rotatable bonds is 5. The molecule has 12 heteroatoms. The zero-order chi connectivity index (χ0) is 22.7. The van der Waals surface area contributed by atoms with Gasteiger partial charge in [-0.05, 0) is 24.3 Å². The van der Waals surface area contributed by atoms with E-state index >= 15 is 0 Å². The van der Waals surface area contributed by atoms with Crippen molar-refractivity contribution >= 4 is 11.9 Å². The molecule has 0 atom stereocenters. The molecule has 0 aromatic heterocycles. The molecule has 0 unspecified atom stereocenters. The summed E-state index contributed by atoms with van der Waals surface area (Å²) in [6, 6.07) is 4.47. The fraction of sp³-hybridized carbons (Fsp3) is 0.222. The minimum atomic E-state index is -4.89. The monoisotopic (exact) mass is 438 g/mol. The molecule has 0 bridgehead atoms. The molecule has 0 amide bonds. The first-order valence-electron chi connectivity index (χ1n) is 7.91. The Labute approximate surface area is 164 Å². The molecule has 1 N–H and O–H groups in total. The summed E-state index contributed by atoms with van der Waals surface area (Å²) >= 11 is 0. The van der Waals surface area contributed by atoms with Crippen molar-refractivity contribution < 1.29 is 55.2 Å². The number of alkyl halides is 6. The standard InChI is InChI=1S/C18H12F6O6/c1-9(25)29-14-7-10(5-6-11(14)17(19,20)21)28-8-15(26)30-13-4-2-3-12(16(13)27)18(22,23)24/h2-7,27H,8H2,1H3. The second-order valence-electron chi connectivity index (χ2n) is 5.66. The van der Waals surface area contributed by atoms with Crippen LogP contribution in [0.15, 0.2) is 36.4 Å². The highest BCUT2D eigenvalue weighted by atomic mass is 19.4. The second kappa shape index (κ2) is 8.51. The Morgan fingerprint density at radius 2 is 1.53 bits per heavy atom. The number of esters is 2. The lowest BCUT2D eigenvalue weighted by Crippen LogP contribution is -2.18. The zero-order valence-corrected chi connectivity index (χ0v) is 14.9. The number of halogens is 6. The molecule has 0 saturated carbocycles. The average Bonchev–Trinajstić information content (AvgIpc) is 2.59. The van der Waals surface area contributed by atoms with Crippen molar-refractivity contribution in [3.8, 4) is 23.0 Å². The summed E-state index contributed by atoms with van der Waals surface area (Å²) in [7, 11) is 0. The SMILES string of the molecule is CC(=O)Oc1cc(OCC(=O)Oc2cccc(C(F)(F)F)c2O)ccc1C(F)(F)F. The van der Waals surface area contributed by atoms with Gasteiger partial charge in [0.05, 0.1) is 5.56 Å². The summed E-state index contributed by atoms with van der Waals surface area (Å²) in [6.07, 6.45) is -9.72. The van der Waals surface area contributed by atoms with Gasteiger partial charge < -0.3 is 19.3 Å². The Bertz CT molecular complexity index is 951. The molecule has 0 heterocycles. The van der Waals surface area contributed by atoms with Crippen molar-refractivity contribution in [3.63, 3.8) is 0 Å². The van der Waals surface area contributed by atoms with E-state index < -0.39 is 59.3 Å². The zero-order valence-electron chi connectivity index (χ0n) is 14.9. The molecule has 30 heavy (non-hydrogen) atoms. The molecule has 2 rings (SSSR count). The van der Waals surface area contributed by atoms with Gasteiger partial charge in [0.2, 0.25) is 0 Å². The van der Waals surface area contributed by atoms with Crippen LogP contribution in [-0.4, -0.2) is 23.7 Å². The van der Waals surface area contributed by atoms with Gasteiger partial charge in [0.15, 0.2) is 18.1 Å². The van der Waals surface area contributed by atoms with Crippen LogP contribution in [0.1, 0.15) is 18.1 Å². The van der Waals surface area contributed by atoms with Gasteiger partial charge in [-0.25, -0.2) is 4.79 Å². The molecule has 162 valence electrons. The highest BCUT2D eigenvalue weighted by molar-refractivity contribution is 5.75. The van der Waals surface area contributed by atoms with E-state index in [9.17, 15) is 41.0 Å². The van der Waals surface area contributed by atoms with Gasteiger partial charge in [0.1, 0.15) is 17.1 Å². The number of phenolic OH excluding ortho intramolecular Hbond substituents is 1. The van der Waals surface area contributed by atoms with Gasteiger partial charge in [-0.3, -0.25) is 4.79 Å². The molecule has 2 aromatic rings. The van der Waals surface area contributed by atoms with Crippen molar-refractivity contribution in [1.82, 2.24) is 0 Å². The average molecular weight is 438 g/mol. The second-order valence-corrected chi connectivity index (χ2v) is 5.66. The lowest BCUT2D eigenvalue weighted by atomic mass is 10.2. The van der Waals surface area contributed by atoms with Crippen LogP contribution in [0, 0.1) is 0 Å². The maximum atomic E-state index is 12.9. The Morgan fingerprint density at radius 1 is 0.900 bits per heavy atom. The molecular formula is C18H12F6O6. The van der Waals surface area contributed by atoms with E-state index in [4.69, 9.17) is 4.74 Å². The third-order valence-electron chi connectivity index (χ3n) is 3.40. The minimum Gasteiger partial charge on any atom is -0.504 e. The number of hydrogen-bond acceptors (Lipinski definition) is 6. The van der Waals surface area contributed by atoms with Crippen LogP contribution in [0.3, 0.4) is 0 Å². The molecule has 6 nitrogen and oxygen atoms in total. The van der Waals surface area contributed by atoms with Crippen LogP contribution in [-0.2, 0) is 21.9 Å². The maximum Gasteiger partial charge on any atom is 0.420 e. The van der Waals surface area contributed by atoms with Gasteiger partial charge >= 0.3 is 24.3 Å². The van der Waals surface area contributed by atoms with Gasteiger partial charge in [0, 0.05) is 13.0 Å². The fourth-order valence-corrected chi connectivity index (χ4v) is 2.19. The molecular weight excluding hydrogens is 426 g/mol. The minimum absolute atomic E-state index is 0.315. The van der Waals surface area contributed by atoms with Crippen LogP contribution in [0.5, 0.6) is 23.0 Å².